The first kappa shape index (κ1) is 10.9. The zero-order valence-electron chi connectivity index (χ0n) is 9.42. The molecule has 0 saturated heterocycles. The molecule has 0 aliphatic rings. The number of ether oxygens (including phenoxy) is 1. The summed E-state index contributed by atoms with van der Waals surface area (Å²) in [5.41, 5.74) is 2.40. The predicted octanol–water partition coefficient (Wildman–Crippen LogP) is 3.25. The van der Waals surface area contributed by atoms with Gasteiger partial charge in [-0.2, -0.15) is 0 Å². The summed E-state index contributed by atoms with van der Waals surface area (Å²) in [6.45, 7) is 7.09. The molecule has 0 aromatic heterocycles. The van der Waals surface area contributed by atoms with Crippen LogP contribution < -0.4 is 10.1 Å². The molecule has 0 saturated carbocycles. The lowest BCUT2D eigenvalue weighted by Crippen LogP contribution is -1.99. The molecule has 0 radical (unpaired) electrons. The van der Waals surface area contributed by atoms with Crippen molar-refractivity contribution in [2.75, 3.05) is 19.0 Å². The van der Waals surface area contributed by atoms with Gasteiger partial charge in [-0.15, -0.1) is 0 Å². The van der Waals surface area contributed by atoms with Crippen LogP contribution in [-0.2, 0) is 0 Å². The summed E-state index contributed by atoms with van der Waals surface area (Å²) in [7, 11) is 1.93. The van der Waals surface area contributed by atoms with E-state index in [4.69, 9.17) is 4.74 Å². The Balaban J connectivity index is 3.03. The zero-order chi connectivity index (χ0) is 10.6. The molecule has 0 spiro atoms. The molecule has 0 fully saturated rings. The number of nitrogens with one attached hydrogen (secondary N) is 1. The van der Waals surface area contributed by atoms with Crippen molar-refractivity contribution in [2.24, 2.45) is 0 Å². The Morgan fingerprint density at radius 2 is 2.07 bits per heavy atom. The number of hydrogen-bond donors (Lipinski definition) is 1. The topological polar surface area (TPSA) is 21.3 Å². The highest BCUT2D eigenvalue weighted by Gasteiger charge is 2.07. The highest BCUT2D eigenvalue weighted by Crippen LogP contribution is 2.29. The van der Waals surface area contributed by atoms with Crippen molar-refractivity contribution in [3.05, 3.63) is 23.8 Å². The lowest BCUT2D eigenvalue weighted by molar-refractivity contribution is 0.335. The second-order valence-electron chi connectivity index (χ2n) is 3.59. The quantitative estimate of drug-likeness (QED) is 0.792. The van der Waals surface area contributed by atoms with Gasteiger partial charge in [-0.05, 0) is 36.6 Å². The maximum Gasteiger partial charge on any atom is 0.122 e. The smallest absolute Gasteiger partial charge is 0.122 e. The Morgan fingerprint density at radius 1 is 1.36 bits per heavy atom. The molecule has 0 atom stereocenters. The van der Waals surface area contributed by atoms with Crippen LogP contribution in [0.25, 0.3) is 0 Å². The van der Waals surface area contributed by atoms with Crippen molar-refractivity contribution in [3.8, 4) is 5.75 Å². The van der Waals surface area contributed by atoms with Crippen LogP contribution in [0, 0.1) is 0 Å². The molecule has 0 aliphatic carbocycles. The Hall–Kier alpha value is -1.18. The van der Waals surface area contributed by atoms with Crippen molar-refractivity contribution in [2.45, 2.75) is 26.7 Å². The van der Waals surface area contributed by atoms with Crippen LogP contribution in [0.1, 0.15) is 32.3 Å². The fraction of sp³-hybridized carbons (Fsp3) is 0.500. The van der Waals surface area contributed by atoms with E-state index in [9.17, 15) is 0 Å². The van der Waals surface area contributed by atoms with Gasteiger partial charge in [-0.3, -0.25) is 0 Å². The van der Waals surface area contributed by atoms with Crippen molar-refractivity contribution in [3.63, 3.8) is 0 Å². The van der Waals surface area contributed by atoms with E-state index < -0.39 is 0 Å². The molecule has 78 valence electrons. The van der Waals surface area contributed by atoms with Gasteiger partial charge in [-0.1, -0.05) is 13.8 Å². The normalized spacial score (nSPS) is 10.4. The van der Waals surface area contributed by atoms with Crippen molar-refractivity contribution in [1.82, 2.24) is 0 Å². The summed E-state index contributed by atoms with van der Waals surface area (Å²) in [5.74, 6) is 1.49. The van der Waals surface area contributed by atoms with E-state index in [1.807, 2.05) is 26.1 Å². The summed E-state index contributed by atoms with van der Waals surface area (Å²) in [4.78, 5) is 0. The minimum atomic E-state index is 0.491. The fourth-order valence-electron chi connectivity index (χ4n) is 1.44. The van der Waals surface area contributed by atoms with E-state index in [1.165, 1.54) is 5.56 Å². The third kappa shape index (κ3) is 2.41. The number of anilines is 1. The van der Waals surface area contributed by atoms with Gasteiger partial charge in [0.25, 0.3) is 0 Å². The van der Waals surface area contributed by atoms with E-state index in [2.05, 4.69) is 25.2 Å². The van der Waals surface area contributed by atoms with Crippen LogP contribution >= 0.6 is 0 Å². The second kappa shape index (κ2) is 4.89. The van der Waals surface area contributed by atoms with Crippen LogP contribution in [-0.4, -0.2) is 13.7 Å². The predicted molar refractivity (Wildman–Crippen MR) is 61.2 cm³/mol. The van der Waals surface area contributed by atoms with Crippen LogP contribution in [0.3, 0.4) is 0 Å². The minimum absolute atomic E-state index is 0.491. The molecule has 2 nitrogen and oxygen atoms in total. The van der Waals surface area contributed by atoms with Crippen LogP contribution in [0.4, 0.5) is 5.69 Å². The maximum absolute atomic E-state index is 5.57. The number of rotatable bonds is 4. The third-order valence-corrected chi connectivity index (χ3v) is 2.22. The largest absolute Gasteiger partial charge is 0.494 e. The summed E-state index contributed by atoms with van der Waals surface area (Å²) in [6, 6.07) is 6.22. The van der Waals surface area contributed by atoms with Gasteiger partial charge in [0.2, 0.25) is 0 Å². The Labute approximate surface area is 86.3 Å². The summed E-state index contributed by atoms with van der Waals surface area (Å²) < 4.78 is 5.57. The SMILES string of the molecule is CCOc1ccc(NC)cc1C(C)C. The lowest BCUT2D eigenvalue weighted by Gasteiger charge is -2.14. The summed E-state index contributed by atoms with van der Waals surface area (Å²) >= 11 is 0. The molecular weight excluding hydrogens is 174 g/mol. The van der Waals surface area contributed by atoms with E-state index >= 15 is 0 Å². The third-order valence-electron chi connectivity index (χ3n) is 2.22. The molecule has 0 heterocycles. The lowest BCUT2D eigenvalue weighted by atomic mass is 10.0. The molecular formula is C12H19NO. The molecule has 0 aliphatic heterocycles. The summed E-state index contributed by atoms with van der Waals surface area (Å²) in [6.07, 6.45) is 0. The molecule has 1 N–H and O–H groups in total. The first-order valence-corrected chi connectivity index (χ1v) is 5.13. The van der Waals surface area contributed by atoms with E-state index in [-0.39, 0.29) is 0 Å². The van der Waals surface area contributed by atoms with Gasteiger partial charge in [-0.25, -0.2) is 0 Å². The highest BCUT2D eigenvalue weighted by atomic mass is 16.5. The molecule has 2 heteroatoms. The van der Waals surface area contributed by atoms with Crippen molar-refractivity contribution in [1.29, 1.82) is 0 Å². The van der Waals surface area contributed by atoms with Gasteiger partial charge >= 0.3 is 0 Å². The van der Waals surface area contributed by atoms with Crippen molar-refractivity contribution < 1.29 is 4.74 Å². The van der Waals surface area contributed by atoms with Crippen LogP contribution in [0.15, 0.2) is 18.2 Å². The Kier molecular flexibility index (Phi) is 3.81. The molecule has 0 bridgehead atoms. The molecule has 14 heavy (non-hydrogen) atoms. The van der Waals surface area contributed by atoms with Crippen molar-refractivity contribution >= 4 is 5.69 Å². The Morgan fingerprint density at radius 3 is 2.57 bits per heavy atom. The molecule has 1 rings (SSSR count). The van der Waals surface area contributed by atoms with E-state index in [1.54, 1.807) is 0 Å². The fourth-order valence-corrected chi connectivity index (χ4v) is 1.44. The summed E-state index contributed by atoms with van der Waals surface area (Å²) in [5, 5.41) is 3.14. The number of hydrogen-bond acceptors (Lipinski definition) is 2. The van der Waals surface area contributed by atoms with Gasteiger partial charge in [0.15, 0.2) is 0 Å². The van der Waals surface area contributed by atoms with Crippen LogP contribution in [0.5, 0.6) is 5.75 Å². The van der Waals surface area contributed by atoms with E-state index in [0.29, 0.717) is 5.92 Å². The van der Waals surface area contributed by atoms with E-state index in [0.717, 1.165) is 18.0 Å². The van der Waals surface area contributed by atoms with Gasteiger partial charge in [0.05, 0.1) is 6.61 Å². The monoisotopic (exact) mass is 193 g/mol. The van der Waals surface area contributed by atoms with Gasteiger partial charge < -0.3 is 10.1 Å². The molecule has 1 aromatic rings. The molecule has 0 amide bonds. The van der Waals surface area contributed by atoms with Gasteiger partial charge in [0, 0.05) is 12.7 Å². The first-order valence-electron chi connectivity index (χ1n) is 5.13. The average molecular weight is 193 g/mol. The van der Waals surface area contributed by atoms with Gasteiger partial charge in [0.1, 0.15) is 5.75 Å². The van der Waals surface area contributed by atoms with Crippen LogP contribution in [0.2, 0.25) is 0 Å². The average Bonchev–Trinajstić information content (AvgIpc) is 2.18. The first-order chi connectivity index (χ1) is 6.69. The molecule has 0 unspecified atom stereocenters. The minimum Gasteiger partial charge on any atom is -0.494 e. The number of benzene rings is 1. The second-order valence-corrected chi connectivity index (χ2v) is 3.59. The highest BCUT2D eigenvalue weighted by molar-refractivity contribution is 5.51. The Bertz CT molecular complexity index is 294. The zero-order valence-corrected chi connectivity index (χ0v) is 9.42. The maximum atomic E-state index is 5.57. The molecule has 1 aromatic carbocycles. The standard InChI is InChI=1S/C12H19NO/c1-5-14-12-7-6-10(13-4)8-11(12)9(2)3/h6-9,13H,5H2,1-4H3.